The number of hydrogen-bond donors (Lipinski definition) is 2. The van der Waals surface area contributed by atoms with Crippen molar-refractivity contribution in [2.45, 2.75) is 46.4 Å². The number of carbonyl (C=O) groups excluding carboxylic acids is 1. The lowest BCUT2D eigenvalue weighted by Gasteiger charge is -2.37. The van der Waals surface area contributed by atoms with Crippen molar-refractivity contribution < 1.29 is 4.79 Å². The monoisotopic (exact) mass is 507 g/mol. The van der Waals surface area contributed by atoms with Gasteiger partial charge in [0.1, 0.15) is 0 Å². The lowest BCUT2D eigenvalue weighted by molar-refractivity contribution is 0.0953. The van der Waals surface area contributed by atoms with E-state index in [9.17, 15) is 4.79 Å². The third kappa shape index (κ3) is 6.38. The number of rotatable bonds is 5. The van der Waals surface area contributed by atoms with Gasteiger partial charge in [-0.15, -0.1) is 11.8 Å². The predicted octanol–water partition coefficient (Wildman–Crippen LogP) is 5.57. The Bertz CT molecular complexity index is 1130. The van der Waals surface area contributed by atoms with Crippen LogP contribution in [0.4, 0.5) is 11.4 Å². The highest BCUT2D eigenvalue weighted by Crippen LogP contribution is 2.49. The van der Waals surface area contributed by atoms with Crippen LogP contribution in [0.3, 0.4) is 0 Å². The van der Waals surface area contributed by atoms with Crippen molar-refractivity contribution in [3.63, 3.8) is 0 Å². The summed E-state index contributed by atoms with van der Waals surface area (Å²) in [5.41, 5.74) is 5.28. The fourth-order valence-electron chi connectivity index (χ4n) is 4.55. The lowest BCUT2D eigenvalue weighted by atomic mass is 9.99. The number of hydrogen-bond acceptors (Lipinski definition) is 7. The van der Waals surface area contributed by atoms with Crippen molar-refractivity contribution in [1.29, 1.82) is 0 Å². The molecule has 0 radical (unpaired) electrons. The molecule has 0 saturated carbocycles. The van der Waals surface area contributed by atoms with Crippen molar-refractivity contribution in [3.05, 3.63) is 72.6 Å². The number of amides is 1. The molecule has 8 heteroatoms. The standard InChI is InChI=1S/C21H26N2S2.C6H7N3O/c1-22-13-6-5-7-16(22)12-14-23-18-8-3-4-9-20(18)25-21-11-10-17(24-2)15-19(21)23;7-9-6(10)5-1-3-8-4-2-5/h3-4,8-11,15-16H,5-7,12-14H2,1-2H3;1-4H,7H2,(H,9,10). The number of hydrazine groups is 1. The molecule has 0 bridgehead atoms. The number of nitrogens with two attached hydrogens (primary N) is 1. The van der Waals surface area contributed by atoms with Crippen LogP contribution in [0.5, 0.6) is 0 Å². The number of nitrogens with one attached hydrogen (secondary N) is 1. The number of piperidine rings is 1. The first-order valence-electron chi connectivity index (χ1n) is 11.9. The summed E-state index contributed by atoms with van der Waals surface area (Å²) in [5.74, 6) is 4.58. The fraction of sp³-hybridized carbons (Fsp3) is 0.333. The van der Waals surface area contributed by atoms with Gasteiger partial charge >= 0.3 is 0 Å². The first-order chi connectivity index (χ1) is 17.1. The first-order valence-corrected chi connectivity index (χ1v) is 14.0. The molecule has 0 aliphatic carbocycles. The van der Waals surface area contributed by atoms with Crippen LogP contribution in [0.2, 0.25) is 0 Å². The van der Waals surface area contributed by atoms with Gasteiger partial charge in [-0.2, -0.15) is 0 Å². The van der Waals surface area contributed by atoms with Crippen molar-refractivity contribution in [2.24, 2.45) is 5.84 Å². The minimum Gasteiger partial charge on any atom is -0.340 e. The Morgan fingerprint density at radius 2 is 1.89 bits per heavy atom. The van der Waals surface area contributed by atoms with E-state index < -0.39 is 0 Å². The Morgan fingerprint density at radius 1 is 1.11 bits per heavy atom. The van der Waals surface area contributed by atoms with Crippen molar-refractivity contribution in [1.82, 2.24) is 15.3 Å². The van der Waals surface area contributed by atoms with Gasteiger partial charge in [0.15, 0.2) is 0 Å². The molecule has 2 aromatic carbocycles. The number of nitrogen functional groups attached to an aromatic ring is 1. The topological polar surface area (TPSA) is 74.5 Å². The Labute approximate surface area is 216 Å². The van der Waals surface area contributed by atoms with E-state index in [1.807, 2.05) is 28.9 Å². The SMILES string of the molecule is CSc1ccc2c(c1)N(CCC1CCCCN1C)c1ccccc1S2.NNC(=O)c1ccncc1. The van der Waals surface area contributed by atoms with Crippen molar-refractivity contribution in [3.8, 4) is 0 Å². The van der Waals surface area contributed by atoms with Gasteiger partial charge in [0.2, 0.25) is 0 Å². The van der Waals surface area contributed by atoms with Gasteiger partial charge in [0.25, 0.3) is 5.91 Å². The Kier molecular flexibility index (Phi) is 9.09. The summed E-state index contributed by atoms with van der Waals surface area (Å²) in [5, 5.41) is 0. The molecule has 2 aliphatic rings. The van der Waals surface area contributed by atoms with Gasteiger partial charge in [-0.1, -0.05) is 30.3 Å². The zero-order valence-corrected chi connectivity index (χ0v) is 21.9. The predicted molar refractivity (Wildman–Crippen MR) is 147 cm³/mol. The number of fused-ring (bicyclic) bond motifs is 2. The van der Waals surface area contributed by atoms with Crippen LogP contribution in [0, 0.1) is 0 Å². The molecule has 1 atom stereocenters. The van der Waals surface area contributed by atoms with Crippen molar-refractivity contribution >= 4 is 40.8 Å². The van der Waals surface area contributed by atoms with E-state index >= 15 is 0 Å². The molecule has 184 valence electrons. The summed E-state index contributed by atoms with van der Waals surface area (Å²) >= 11 is 3.73. The van der Waals surface area contributed by atoms with Gasteiger partial charge in [-0.25, -0.2) is 5.84 Å². The molecule has 6 nitrogen and oxygen atoms in total. The largest absolute Gasteiger partial charge is 0.340 e. The van der Waals surface area contributed by atoms with E-state index in [4.69, 9.17) is 5.84 Å². The summed E-state index contributed by atoms with van der Waals surface area (Å²) in [4.78, 5) is 23.7. The molecule has 1 amide bonds. The average Bonchev–Trinajstić information content (AvgIpc) is 2.92. The Balaban J connectivity index is 0.000000243. The number of thioether (sulfide) groups is 1. The summed E-state index contributed by atoms with van der Waals surface area (Å²) in [6, 6.07) is 19.7. The molecule has 3 heterocycles. The molecule has 1 saturated heterocycles. The van der Waals surface area contributed by atoms with Gasteiger partial charge in [-0.3, -0.25) is 15.2 Å². The summed E-state index contributed by atoms with van der Waals surface area (Å²) in [6.07, 6.45) is 10.5. The zero-order valence-electron chi connectivity index (χ0n) is 20.3. The molecular weight excluding hydrogens is 474 g/mol. The molecule has 2 aliphatic heterocycles. The van der Waals surface area contributed by atoms with Crippen LogP contribution in [0.1, 0.15) is 36.0 Å². The number of anilines is 2. The maximum absolute atomic E-state index is 10.7. The van der Waals surface area contributed by atoms with Gasteiger partial charge in [0.05, 0.1) is 11.4 Å². The van der Waals surface area contributed by atoms with Gasteiger partial charge < -0.3 is 9.80 Å². The highest BCUT2D eigenvalue weighted by molar-refractivity contribution is 8.00. The maximum Gasteiger partial charge on any atom is 0.265 e. The number of aromatic nitrogens is 1. The molecule has 5 rings (SSSR count). The maximum atomic E-state index is 10.7. The van der Waals surface area contributed by atoms with Crippen LogP contribution in [0.25, 0.3) is 0 Å². The van der Waals surface area contributed by atoms with E-state index in [0.29, 0.717) is 5.56 Å². The number of pyridine rings is 1. The quantitative estimate of drug-likeness (QED) is 0.202. The van der Waals surface area contributed by atoms with Crippen LogP contribution >= 0.6 is 23.5 Å². The smallest absolute Gasteiger partial charge is 0.265 e. The second kappa shape index (κ2) is 12.4. The number of likely N-dealkylation sites (tertiary alicyclic amines) is 1. The number of nitrogens with zero attached hydrogens (tertiary/aromatic N) is 3. The average molecular weight is 508 g/mol. The van der Waals surface area contributed by atoms with E-state index in [2.05, 4.69) is 70.6 Å². The summed E-state index contributed by atoms with van der Waals surface area (Å²) < 4.78 is 0. The lowest BCUT2D eigenvalue weighted by Crippen LogP contribution is -2.38. The minimum absolute atomic E-state index is 0.303. The number of para-hydroxylation sites is 1. The highest BCUT2D eigenvalue weighted by Gasteiger charge is 2.26. The number of benzene rings is 2. The van der Waals surface area contributed by atoms with Gasteiger partial charge in [-0.05, 0) is 81.6 Å². The summed E-state index contributed by atoms with van der Waals surface area (Å²) in [7, 11) is 2.30. The highest BCUT2D eigenvalue weighted by atomic mass is 32.2. The van der Waals surface area contributed by atoms with E-state index in [0.717, 1.165) is 12.6 Å². The van der Waals surface area contributed by atoms with Crippen LogP contribution < -0.4 is 16.2 Å². The molecule has 3 N–H and O–H groups in total. The van der Waals surface area contributed by atoms with E-state index in [-0.39, 0.29) is 5.91 Å². The van der Waals surface area contributed by atoms with E-state index in [1.165, 1.54) is 70.7 Å². The second-order valence-corrected chi connectivity index (χ2v) is 10.6. The normalized spacial score (nSPS) is 17.0. The minimum atomic E-state index is -0.303. The molecular formula is C27H33N5OS2. The third-order valence-electron chi connectivity index (χ3n) is 6.51. The second-order valence-electron chi connectivity index (χ2n) is 8.68. The molecule has 0 spiro atoms. The van der Waals surface area contributed by atoms with Crippen molar-refractivity contribution in [2.75, 3.05) is 31.3 Å². The Morgan fingerprint density at radius 3 is 2.63 bits per heavy atom. The Hall–Kier alpha value is -2.52. The zero-order chi connectivity index (χ0) is 24.6. The van der Waals surface area contributed by atoms with Crippen LogP contribution in [-0.4, -0.2) is 48.2 Å². The molecule has 1 aromatic heterocycles. The molecule has 1 fully saturated rings. The van der Waals surface area contributed by atoms with E-state index in [1.54, 1.807) is 12.1 Å². The van der Waals surface area contributed by atoms with Gasteiger partial charge in [0, 0.05) is 45.2 Å². The molecule has 3 aromatic rings. The van der Waals surface area contributed by atoms with Crippen LogP contribution in [-0.2, 0) is 0 Å². The number of carbonyl (C=O) groups is 1. The molecule has 35 heavy (non-hydrogen) atoms. The third-order valence-corrected chi connectivity index (χ3v) is 8.37. The first kappa shape index (κ1) is 25.6. The molecule has 1 unspecified atom stereocenters. The fourth-order valence-corrected chi connectivity index (χ4v) is 6.06. The summed E-state index contributed by atoms with van der Waals surface area (Å²) in [6.45, 7) is 2.35. The van der Waals surface area contributed by atoms with Crippen LogP contribution in [0.15, 0.2) is 81.7 Å².